The van der Waals surface area contributed by atoms with Gasteiger partial charge in [0.15, 0.2) is 0 Å². The summed E-state index contributed by atoms with van der Waals surface area (Å²) >= 11 is 0. The Hall–Kier alpha value is -2.19. The number of benzene rings is 1. The molecule has 1 aliphatic rings. The summed E-state index contributed by atoms with van der Waals surface area (Å²) in [5, 5.41) is 8.47. The molecule has 0 bridgehead atoms. The lowest BCUT2D eigenvalue weighted by Crippen LogP contribution is -2.35. The Morgan fingerprint density at radius 3 is 2.67 bits per heavy atom. The van der Waals surface area contributed by atoms with Crippen LogP contribution in [0, 0.1) is 12.8 Å². The molecule has 1 aliphatic heterocycles. The monoisotopic (exact) mass is 389 g/mol. The van der Waals surface area contributed by atoms with E-state index in [2.05, 4.69) is 27.1 Å². The maximum atomic E-state index is 11.3. The summed E-state index contributed by atoms with van der Waals surface area (Å²) in [7, 11) is -3.64. The summed E-state index contributed by atoms with van der Waals surface area (Å²) in [5.41, 5.74) is 1.98. The number of aryl methyl sites for hydroxylation is 1. The molecule has 7 nitrogen and oxygen atoms in total. The molecule has 2 heterocycles. The van der Waals surface area contributed by atoms with Crippen molar-refractivity contribution in [1.29, 1.82) is 0 Å². The van der Waals surface area contributed by atoms with Crippen molar-refractivity contribution < 1.29 is 8.42 Å². The number of nitrogens with one attached hydrogen (secondary N) is 1. The SMILES string of the molecule is Cc1cc(NCCc2ccc(S(N)(=O)=O)cc2)nc(N2CCCC(C)C2)n1. The van der Waals surface area contributed by atoms with E-state index in [1.165, 1.54) is 25.0 Å². The van der Waals surface area contributed by atoms with E-state index in [1.807, 2.05) is 13.0 Å². The number of aromatic nitrogens is 2. The first-order chi connectivity index (χ1) is 12.8. The molecule has 1 saturated heterocycles. The number of sulfonamides is 1. The zero-order valence-corrected chi connectivity index (χ0v) is 16.7. The van der Waals surface area contributed by atoms with Crippen LogP contribution >= 0.6 is 0 Å². The summed E-state index contributed by atoms with van der Waals surface area (Å²) in [4.78, 5) is 11.7. The molecule has 8 heteroatoms. The maximum Gasteiger partial charge on any atom is 0.238 e. The fourth-order valence-electron chi connectivity index (χ4n) is 3.34. The average Bonchev–Trinajstić information content (AvgIpc) is 2.61. The standard InChI is InChI=1S/C19H27N5O2S/c1-14-4-3-11-24(13-14)19-22-15(2)12-18(23-19)21-10-9-16-5-7-17(8-6-16)27(20,25)26/h5-8,12,14H,3-4,9-11,13H2,1-2H3,(H2,20,25,26)(H,21,22,23). The lowest BCUT2D eigenvalue weighted by atomic mass is 10.0. The molecule has 1 aromatic carbocycles. The second kappa shape index (κ2) is 8.22. The van der Waals surface area contributed by atoms with Crippen LogP contribution in [0.1, 0.15) is 31.0 Å². The van der Waals surface area contributed by atoms with Gasteiger partial charge in [0, 0.05) is 31.4 Å². The third kappa shape index (κ3) is 5.40. The summed E-state index contributed by atoms with van der Waals surface area (Å²) in [6.45, 7) is 6.95. The average molecular weight is 390 g/mol. The Kier molecular flexibility index (Phi) is 5.96. The van der Waals surface area contributed by atoms with Gasteiger partial charge in [-0.15, -0.1) is 0 Å². The molecule has 3 N–H and O–H groups in total. The molecule has 1 aromatic heterocycles. The topological polar surface area (TPSA) is 101 Å². The van der Waals surface area contributed by atoms with Gasteiger partial charge < -0.3 is 10.2 Å². The Bertz CT molecular complexity index is 883. The summed E-state index contributed by atoms with van der Waals surface area (Å²) in [6, 6.07) is 8.59. The molecule has 0 spiro atoms. The van der Waals surface area contributed by atoms with E-state index in [9.17, 15) is 8.42 Å². The number of anilines is 2. The molecule has 27 heavy (non-hydrogen) atoms. The zero-order chi connectivity index (χ0) is 19.4. The molecule has 0 radical (unpaired) electrons. The molecular weight excluding hydrogens is 362 g/mol. The van der Waals surface area contributed by atoms with Crippen LogP contribution in [-0.4, -0.2) is 38.0 Å². The van der Waals surface area contributed by atoms with Crippen LogP contribution in [-0.2, 0) is 16.4 Å². The number of nitrogens with two attached hydrogens (primary N) is 1. The minimum Gasteiger partial charge on any atom is -0.370 e. The first-order valence-electron chi connectivity index (χ1n) is 9.27. The second-order valence-corrected chi connectivity index (χ2v) is 8.82. The lowest BCUT2D eigenvalue weighted by Gasteiger charge is -2.31. The molecule has 146 valence electrons. The highest BCUT2D eigenvalue weighted by Gasteiger charge is 2.19. The number of primary sulfonamides is 1. The van der Waals surface area contributed by atoms with Gasteiger partial charge in [-0.3, -0.25) is 0 Å². The van der Waals surface area contributed by atoms with Crippen molar-refractivity contribution in [3.63, 3.8) is 0 Å². The van der Waals surface area contributed by atoms with Crippen molar-refractivity contribution in [1.82, 2.24) is 9.97 Å². The van der Waals surface area contributed by atoms with Gasteiger partial charge in [0.05, 0.1) is 4.90 Å². The normalized spacial score (nSPS) is 17.7. The van der Waals surface area contributed by atoms with Gasteiger partial charge in [-0.05, 0) is 49.8 Å². The predicted octanol–water partition coefficient (Wildman–Crippen LogP) is 2.32. The molecule has 1 unspecified atom stereocenters. The fourth-order valence-corrected chi connectivity index (χ4v) is 3.85. The number of rotatable bonds is 6. The number of hydrogen-bond acceptors (Lipinski definition) is 6. The van der Waals surface area contributed by atoms with Crippen LogP contribution in [0.4, 0.5) is 11.8 Å². The minimum atomic E-state index is -3.64. The molecule has 3 rings (SSSR count). The van der Waals surface area contributed by atoms with Crippen LogP contribution in [0.3, 0.4) is 0 Å². The lowest BCUT2D eigenvalue weighted by molar-refractivity contribution is 0.442. The Morgan fingerprint density at radius 1 is 1.26 bits per heavy atom. The summed E-state index contributed by atoms with van der Waals surface area (Å²) in [5.74, 6) is 2.28. The minimum absolute atomic E-state index is 0.131. The van der Waals surface area contributed by atoms with Gasteiger partial charge in [-0.25, -0.2) is 18.5 Å². The van der Waals surface area contributed by atoms with Crippen LogP contribution in [0.5, 0.6) is 0 Å². The van der Waals surface area contributed by atoms with E-state index in [4.69, 9.17) is 5.14 Å². The second-order valence-electron chi connectivity index (χ2n) is 7.25. The third-order valence-electron chi connectivity index (χ3n) is 4.75. The van der Waals surface area contributed by atoms with E-state index >= 15 is 0 Å². The number of nitrogens with zero attached hydrogens (tertiary/aromatic N) is 3. The fraction of sp³-hybridized carbons (Fsp3) is 0.474. The van der Waals surface area contributed by atoms with Crippen molar-refractivity contribution in [2.24, 2.45) is 11.1 Å². The first kappa shape index (κ1) is 19.6. The van der Waals surface area contributed by atoms with Crippen LogP contribution in [0.15, 0.2) is 35.2 Å². The van der Waals surface area contributed by atoms with E-state index in [0.717, 1.165) is 42.5 Å². The van der Waals surface area contributed by atoms with Gasteiger partial charge in [0.2, 0.25) is 16.0 Å². The Balaban J connectivity index is 1.61. The Labute approximate surface area is 161 Å². The van der Waals surface area contributed by atoms with Crippen LogP contribution in [0.25, 0.3) is 0 Å². The highest BCUT2D eigenvalue weighted by molar-refractivity contribution is 7.89. The van der Waals surface area contributed by atoms with E-state index < -0.39 is 10.0 Å². The van der Waals surface area contributed by atoms with Crippen LogP contribution in [0.2, 0.25) is 0 Å². The quantitative estimate of drug-likeness (QED) is 0.786. The molecule has 1 atom stereocenters. The first-order valence-corrected chi connectivity index (χ1v) is 10.8. The van der Waals surface area contributed by atoms with Crippen molar-refractivity contribution >= 4 is 21.8 Å². The highest BCUT2D eigenvalue weighted by Crippen LogP contribution is 2.21. The van der Waals surface area contributed by atoms with E-state index in [0.29, 0.717) is 12.5 Å². The predicted molar refractivity (Wildman–Crippen MR) is 107 cm³/mol. The maximum absolute atomic E-state index is 11.3. The van der Waals surface area contributed by atoms with Gasteiger partial charge in [0.1, 0.15) is 5.82 Å². The van der Waals surface area contributed by atoms with E-state index in [-0.39, 0.29) is 4.90 Å². The zero-order valence-electron chi connectivity index (χ0n) is 15.9. The van der Waals surface area contributed by atoms with Crippen LogP contribution < -0.4 is 15.4 Å². The molecular formula is C19H27N5O2S. The molecule has 2 aromatic rings. The smallest absolute Gasteiger partial charge is 0.238 e. The van der Waals surface area contributed by atoms with Gasteiger partial charge in [-0.2, -0.15) is 4.98 Å². The van der Waals surface area contributed by atoms with E-state index in [1.54, 1.807) is 12.1 Å². The largest absolute Gasteiger partial charge is 0.370 e. The summed E-state index contributed by atoms with van der Waals surface area (Å²) < 4.78 is 22.6. The van der Waals surface area contributed by atoms with Crippen molar-refractivity contribution in [3.8, 4) is 0 Å². The van der Waals surface area contributed by atoms with Crippen molar-refractivity contribution in [2.45, 2.75) is 38.0 Å². The molecule has 0 aliphatic carbocycles. The van der Waals surface area contributed by atoms with Gasteiger partial charge in [-0.1, -0.05) is 19.1 Å². The highest BCUT2D eigenvalue weighted by atomic mass is 32.2. The third-order valence-corrected chi connectivity index (χ3v) is 5.68. The number of hydrogen-bond donors (Lipinski definition) is 2. The van der Waals surface area contributed by atoms with Gasteiger partial charge in [0.25, 0.3) is 0 Å². The molecule has 0 saturated carbocycles. The number of piperidine rings is 1. The molecule has 1 fully saturated rings. The Morgan fingerprint density at radius 2 is 2.00 bits per heavy atom. The van der Waals surface area contributed by atoms with Gasteiger partial charge >= 0.3 is 0 Å². The summed E-state index contributed by atoms with van der Waals surface area (Å²) in [6.07, 6.45) is 3.19. The van der Waals surface area contributed by atoms with Crippen molar-refractivity contribution in [2.75, 3.05) is 29.9 Å². The molecule has 0 amide bonds. The van der Waals surface area contributed by atoms with Crippen molar-refractivity contribution in [3.05, 3.63) is 41.6 Å².